The van der Waals surface area contributed by atoms with E-state index in [2.05, 4.69) is 166 Å². The molecular weight excluding hydrogens is 694 g/mol. The molecule has 4 heteroatoms. The van der Waals surface area contributed by atoms with Gasteiger partial charge >= 0.3 is 0 Å². The number of hydrogen-bond acceptors (Lipinski definition) is 2. The summed E-state index contributed by atoms with van der Waals surface area (Å²) in [6.07, 6.45) is 0. The van der Waals surface area contributed by atoms with E-state index < -0.39 is 0 Å². The lowest BCUT2D eigenvalue weighted by Gasteiger charge is -2.16. The number of benzene rings is 8. The van der Waals surface area contributed by atoms with Gasteiger partial charge in [0.2, 0.25) is 0 Å². The summed E-state index contributed by atoms with van der Waals surface area (Å²) >= 11 is 5.82. The highest BCUT2D eigenvalue weighted by Gasteiger charge is 2.22. The summed E-state index contributed by atoms with van der Waals surface area (Å²) < 4.78 is 12.3. The first-order chi connectivity index (χ1) is 24.7. The zero-order chi connectivity index (χ0) is 32.9. The third-order valence-electron chi connectivity index (χ3n) is 10.2. The van der Waals surface area contributed by atoms with Gasteiger partial charge in [-0.05, 0) is 88.1 Å². The van der Waals surface area contributed by atoms with Crippen molar-refractivity contribution in [1.82, 2.24) is 4.57 Å². The van der Waals surface area contributed by atoms with Crippen LogP contribution in [0, 0.1) is 0 Å². The average molecular weight is 721 g/mol. The molecule has 0 fully saturated rings. The molecule has 0 N–H and O–H groups in total. The number of furan rings is 1. The first-order valence-electron chi connectivity index (χ1n) is 16.8. The molecule has 0 atom stereocenters. The first-order valence-corrected chi connectivity index (χ1v) is 18.4. The van der Waals surface area contributed by atoms with Gasteiger partial charge in [0.1, 0.15) is 11.2 Å². The van der Waals surface area contributed by atoms with E-state index in [0.717, 1.165) is 37.5 Å². The topological polar surface area (TPSA) is 18.1 Å². The van der Waals surface area contributed by atoms with Gasteiger partial charge in [-0.2, -0.15) is 0 Å². The second-order valence-electron chi connectivity index (χ2n) is 13.0. The van der Waals surface area contributed by atoms with E-state index in [-0.39, 0.29) is 0 Å². The minimum Gasteiger partial charge on any atom is -0.456 e. The van der Waals surface area contributed by atoms with Crippen LogP contribution < -0.4 is 0 Å². The SMILES string of the molecule is Brc1cc(-c2ccc3oc4ccccc4c3c2)cc(-c2c3ccccc3cc3c4ccccc4n(-c4cccc5c4sc4ccccc45)c23)c1. The van der Waals surface area contributed by atoms with Crippen molar-refractivity contribution in [2.75, 3.05) is 0 Å². The van der Waals surface area contributed by atoms with E-state index in [0.29, 0.717) is 0 Å². The Labute approximate surface area is 299 Å². The summed E-state index contributed by atoms with van der Waals surface area (Å²) in [4.78, 5) is 0. The van der Waals surface area contributed by atoms with Crippen LogP contribution in [0.15, 0.2) is 167 Å². The van der Waals surface area contributed by atoms with Crippen LogP contribution in [0.4, 0.5) is 0 Å². The monoisotopic (exact) mass is 719 g/mol. The molecule has 234 valence electrons. The lowest BCUT2D eigenvalue weighted by atomic mass is 9.92. The van der Waals surface area contributed by atoms with Crippen LogP contribution in [0.2, 0.25) is 0 Å². The molecule has 0 aliphatic heterocycles. The number of thiophene rings is 1. The molecule has 3 aromatic heterocycles. The van der Waals surface area contributed by atoms with Crippen molar-refractivity contribution in [3.63, 3.8) is 0 Å². The maximum absolute atomic E-state index is 6.18. The van der Waals surface area contributed by atoms with Gasteiger partial charge in [-0.3, -0.25) is 0 Å². The lowest BCUT2D eigenvalue weighted by Crippen LogP contribution is -1.97. The highest BCUT2D eigenvalue weighted by Crippen LogP contribution is 2.46. The Morgan fingerprint density at radius 2 is 1.20 bits per heavy atom. The fraction of sp³-hybridized carbons (Fsp3) is 0. The Morgan fingerprint density at radius 1 is 0.480 bits per heavy atom. The minimum atomic E-state index is 0.904. The average Bonchev–Trinajstić information content (AvgIpc) is 3.83. The summed E-state index contributed by atoms with van der Waals surface area (Å²) in [5.41, 5.74) is 10.1. The molecule has 0 saturated carbocycles. The summed E-state index contributed by atoms with van der Waals surface area (Å²) in [7, 11) is 0. The largest absolute Gasteiger partial charge is 0.456 e. The van der Waals surface area contributed by atoms with Gasteiger partial charge in [-0.1, -0.05) is 113 Å². The van der Waals surface area contributed by atoms with Crippen LogP contribution in [0.5, 0.6) is 0 Å². The molecule has 50 heavy (non-hydrogen) atoms. The Bertz CT molecular complexity index is 3180. The normalized spacial score (nSPS) is 12.1. The molecule has 0 bridgehead atoms. The first kappa shape index (κ1) is 28.2. The molecule has 0 amide bonds. The van der Waals surface area contributed by atoms with E-state index in [1.165, 1.54) is 69.6 Å². The van der Waals surface area contributed by atoms with Crippen molar-refractivity contribution in [3.05, 3.63) is 162 Å². The maximum atomic E-state index is 6.18. The van der Waals surface area contributed by atoms with Crippen molar-refractivity contribution < 1.29 is 4.42 Å². The molecular formula is C46H26BrNOS. The minimum absolute atomic E-state index is 0.904. The second kappa shape index (κ2) is 10.7. The van der Waals surface area contributed by atoms with E-state index in [1.807, 2.05) is 23.5 Å². The summed E-state index contributed by atoms with van der Waals surface area (Å²) in [5, 5.41) is 9.82. The Hall–Kier alpha value is -5.68. The zero-order valence-electron chi connectivity index (χ0n) is 26.7. The molecule has 11 aromatic rings. The van der Waals surface area contributed by atoms with Crippen molar-refractivity contribution in [2.24, 2.45) is 0 Å². The van der Waals surface area contributed by atoms with E-state index in [1.54, 1.807) is 0 Å². The van der Waals surface area contributed by atoms with Gasteiger partial charge in [0.15, 0.2) is 0 Å². The van der Waals surface area contributed by atoms with Crippen LogP contribution >= 0.6 is 27.3 Å². The van der Waals surface area contributed by atoms with Crippen molar-refractivity contribution in [2.45, 2.75) is 0 Å². The summed E-state index contributed by atoms with van der Waals surface area (Å²) in [5.74, 6) is 0. The molecule has 0 aliphatic rings. The molecule has 0 spiro atoms. The summed E-state index contributed by atoms with van der Waals surface area (Å²) in [6, 6.07) is 57.3. The van der Waals surface area contributed by atoms with E-state index in [9.17, 15) is 0 Å². The number of para-hydroxylation sites is 2. The van der Waals surface area contributed by atoms with Gasteiger partial charge < -0.3 is 8.98 Å². The van der Waals surface area contributed by atoms with Crippen molar-refractivity contribution in [1.29, 1.82) is 0 Å². The lowest BCUT2D eigenvalue weighted by molar-refractivity contribution is 0.669. The van der Waals surface area contributed by atoms with Crippen LogP contribution in [0.1, 0.15) is 0 Å². The van der Waals surface area contributed by atoms with Crippen LogP contribution in [-0.4, -0.2) is 4.57 Å². The number of aromatic nitrogens is 1. The number of halogens is 1. The Morgan fingerprint density at radius 3 is 2.12 bits per heavy atom. The Kier molecular flexibility index (Phi) is 6.01. The maximum Gasteiger partial charge on any atom is 0.135 e. The van der Waals surface area contributed by atoms with Gasteiger partial charge in [0, 0.05) is 47.1 Å². The predicted octanol–water partition coefficient (Wildman–Crippen LogP) is 14.3. The van der Waals surface area contributed by atoms with Crippen LogP contribution in [0.25, 0.3) is 103 Å². The van der Waals surface area contributed by atoms with Crippen molar-refractivity contribution >= 4 is 102 Å². The quantitative estimate of drug-likeness (QED) is 0.178. The van der Waals surface area contributed by atoms with Gasteiger partial charge in [0.25, 0.3) is 0 Å². The number of rotatable bonds is 3. The highest BCUT2D eigenvalue weighted by atomic mass is 79.9. The van der Waals surface area contributed by atoms with E-state index >= 15 is 0 Å². The molecule has 3 heterocycles. The standard InChI is InChI=1S/C46H26BrNOS/c47-31-23-29(27-20-21-42-37(25-27)34-13-4-7-18-41(34)49-42)22-30(24-31)44-32-11-2-1-10-28(32)26-38-33-12-3-6-16-39(33)48(45(38)44)40-17-9-15-36-35-14-5-8-19-43(35)50-46(36)40/h1-26H. The smallest absolute Gasteiger partial charge is 0.135 e. The van der Waals surface area contributed by atoms with Crippen LogP contribution in [0.3, 0.4) is 0 Å². The molecule has 0 saturated heterocycles. The number of fused-ring (bicyclic) bond motifs is 10. The molecule has 8 aromatic carbocycles. The summed E-state index contributed by atoms with van der Waals surface area (Å²) in [6.45, 7) is 0. The molecule has 11 rings (SSSR count). The predicted molar refractivity (Wildman–Crippen MR) is 217 cm³/mol. The van der Waals surface area contributed by atoms with Crippen LogP contribution in [-0.2, 0) is 0 Å². The number of hydrogen-bond donors (Lipinski definition) is 0. The fourth-order valence-corrected chi connectivity index (χ4v) is 9.75. The molecule has 0 unspecified atom stereocenters. The van der Waals surface area contributed by atoms with E-state index in [4.69, 9.17) is 4.42 Å². The van der Waals surface area contributed by atoms with Crippen molar-refractivity contribution in [3.8, 4) is 27.9 Å². The second-order valence-corrected chi connectivity index (χ2v) is 15.0. The molecule has 2 nitrogen and oxygen atoms in total. The van der Waals surface area contributed by atoms with Gasteiger partial charge in [-0.15, -0.1) is 11.3 Å². The number of nitrogens with zero attached hydrogens (tertiary/aromatic N) is 1. The molecule has 0 aliphatic carbocycles. The zero-order valence-corrected chi connectivity index (χ0v) is 29.1. The third-order valence-corrected chi connectivity index (χ3v) is 11.9. The third kappa shape index (κ3) is 4.07. The van der Waals surface area contributed by atoms with Gasteiger partial charge in [-0.25, -0.2) is 0 Å². The van der Waals surface area contributed by atoms with Gasteiger partial charge in [0.05, 0.1) is 21.4 Å². The highest BCUT2D eigenvalue weighted by molar-refractivity contribution is 9.10. The fourth-order valence-electron chi connectivity index (χ4n) is 8.05. The molecule has 0 radical (unpaired) electrons. The Balaban J connectivity index is 1.25.